The van der Waals surface area contributed by atoms with Gasteiger partial charge in [0.1, 0.15) is 0 Å². The molecule has 0 atom stereocenters. The molecule has 0 bridgehead atoms. The molecule has 4 nitrogen and oxygen atoms in total. The highest BCUT2D eigenvalue weighted by Crippen LogP contribution is 2.48. The van der Waals surface area contributed by atoms with Gasteiger partial charge in [-0.25, -0.2) is 8.37 Å². The minimum absolute atomic E-state index is 0.0608. The lowest BCUT2D eigenvalue weighted by Crippen LogP contribution is -2.29. The fourth-order valence-electron chi connectivity index (χ4n) is 0.935. The van der Waals surface area contributed by atoms with Crippen LogP contribution in [0.5, 0.6) is 0 Å². The van der Waals surface area contributed by atoms with Crippen molar-refractivity contribution in [2.24, 2.45) is 5.41 Å². The molecule has 1 saturated heterocycles. The van der Waals surface area contributed by atoms with Crippen LogP contribution in [0.2, 0.25) is 0 Å². The monoisotopic (exact) mass is 164 g/mol. The van der Waals surface area contributed by atoms with E-state index in [0.29, 0.717) is 13.2 Å². The summed E-state index contributed by atoms with van der Waals surface area (Å²) in [7, 11) is -3.61. The molecule has 1 aliphatic heterocycles. The molecule has 1 spiro atoms. The van der Waals surface area contributed by atoms with Gasteiger partial charge in [0.25, 0.3) is 0 Å². The van der Waals surface area contributed by atoms with Crippen molar-refractivity contribution in [2.75, 3.05) is 13.2 Å². The Morgan fingerprint density at radius 2 is 1.60 bits per heavy atom. The van der Waals surface area contributed by atoms with Crippen LogP contribution in [0, 0.1) is 5.41 Å². The molecule has 1 saturated carbocycles. The smallest absolute Gasteiger partial charge is 0.248 e. The van der Waals surface area contributed by atoms with Crippen molar-refractivity contribution >= 4 is 10.4 Å². The van der Waals surface area contributed by atoms with Crippen molar-refractivity contribution in [3.63, 3.8) is 0 Å². The molecule has 0 radical (unpaired) electrons. The van der Waals surface area contributed by atoms with E-state index in [2.05, 4.69) is 8.37 Å². The predicted octanol–water partition coefficient (Wildman–Crippen LogP) is 0.0582. The van der Waals surface area contributed by atoms with Crippen molar-refractivity contribution < 1.29 is 16.8 Å². The molecule has 0 unspecified atom stereocenters. The van der Waals surface area contributed by atoms with E-state index in [1.165, 1.54) is 0 Å². The maximum absolute atomic E-state index is 10.5. The molecule has 0 aromatic rings. The van der Waals surface area contributed by atoms with Gasteiger partial charge in [-0.2, -0.15) is 8.42 Å². The van der Waals surface area contributed by atoms with Crippen LogP contribution in [-0.4, -0.2) is 21.6 Å². The SMILES string of the molecule is O=S1(=O)OCC2(CC2)CO1. The summed E-state index contributed by atoms with van der Waals surface area (Å²) >= 11 is 0. The molecule has 5 heteroatoms. The Hall–Kier alpha value is -0.130. The van der Waals surface area contributed by atoms with Gasteiger partial charge in [-0.1, -0.05) is 0 Å². The summed E-state index contributed by atoms with van der Waals surface area (Å²) in [5, 5.41) is 0. The lowest BCUT2D eigenvalue weighted by atomic mass is 10.1. The standard InChI is InChI=1S/C5H8O4S/c6-10(7)8-3-5(1-2-5)4-9-10/h1-4H2. The molecule has 1 aliphatic carbocycles. The zero-order chi connectivity index (χ0) is 7.24. The van der Waals surface area contributed by atoms with Gasteiger partial charge in [0.15, 0.2) is 0 Å². The average molecular weight is 164 g/mol. The van der Waals surface area contributed by atoms with Gasteiger partial charge >= 0.3 is 10.4 Å². The lowest BCUT2D eigenvalue weighted by molar-refractivity contribution is 0.0890. The molecule has 0 amide bonds. The second-order valence-electron chi connectivity index (χ2n) is 2.93. The quantitative estimate of drug-likeness (QED) is 0.508. The third-order valence-corrected chi connectivity index (χ3v) is 2.79. The summed E-state index contributed by atoms with van der Waals surface area (Å²) in [5.74, 6) is 0. The van der Waals surface area contributed by atoms with Gasteiger partial charge in [-0.3, -0.25) is 0 Å². The fraction of sp³-hybridized carbons (Fsp3) is 1.00. The minimum atomic E-state index is -3.61. The number of rotatable bonds is 0. The summed E-state index contributed by atoms with van der Waals surface area (Å²) in [6.45, 7) is 0.630. The maximum Gasteiger partial charge on any atom is 0.399 e. The molecule has 2 aliphatic rings. The normalized spacial score (nSPS) is 34.0. The van der Waals surface area contributed by atoms with Crippen molar-refractivity contribution in [3.05, 3.63) is 0 Å². The zero-order valence-corrected chi connectivity index (χ0v) is 6.19. The van der Waals surface area contributed by atoms with E-state index in [1.807, 2.05) is 0 Å². The first kappa shape index (κ1) is 6.57. The highest BCUT2D eigenvalue weighted by molar-refractivity contribution is 7.81. The van der Waals surface area contributed by atoms with Crippen LogP contribution in [-0.2, 0) is 18.8 Å². The molecule has 0 aromatic carbocycles. The fourth-order valence-corrected chi connectivity index (χ4v) is 1.79. The Bertz CT molecular complexity index is 222. The van der Waals surface area contributed by atoms with Crippen molar-refractivity contribution in [3.8, 4) is 0 Å². The highest BCUT2D eigenvalue weighted by atomic mass is 32.3. The van der Waals surface area contributed by atoms with Crippen molar-refractivity contribution in [1.29, 1.82) is 0 Å². The zero-order valence-electron chi connectivity index (χ0n) is 5.37. The second kappa shape index (κ2) is 1.72. The lowest BCUT2D eigenvalue weighted by Gasteiger charge is -2.19. The van der Waals surface area contributed by atoms with Crippen LogP contribution >= 0.6 is 0 Å². The van der Waals surface area contributed by atoms with Gasteiger partial charge in [-0.15, -0.1) is 0 Å². The van der Waals surface area contributed by atoms with Crippen LogP contribution in [0.3, 0.4) is 0 Å². The number of hydrogen-bond donors (Lipinski definition) is 0. The maximum atomic E-state index is 10.5. The Morgan fingerprint density at radius 3 is 2.00 bits per heavy atom. The van der Waals surface area contributed by atoms with Crippen LogP contribution in [0.25, 0.3) is 0 Å². The third-order valence-electron chi connectivity index (χ3n) is 1.98. The van der Waals surface area contributed by atoms with E-state index in [0.717, 1.165) is 12.8 Å². The Morgan fingerprint density at radius 1 is 1.10 bits per heavy atom. The Balaban J connectivity index is 2.08. The van der Waals surface area contributed by atoms with E-state index in [1.54, 1.807) is 0 Å². The van der Waals surface area contributed by atoms with Gasteiger partial charge in [0.05, 0.1) is 13.2 Å². The Labute approximate surface area is 59.5 Å². The first-order chi connectivity index (χ1) is 4.62. The first-order valence-electron chi connectivity index (χ1n) is 3.16. The van der Waals surface area contributed by atoms with E-state index in [-0.39, 0.29) is 5.41 Å². The van der Waals surface area contributed by atoms with Gasteiger partial charge in [-0.05, 0) is 12.8 Å². The second-order valence-corrected chi connectivity index (χ2v) is 4.22. The summed E-state index contributed by atoms with van der Waals surface area (Å²) in [5.41, 5.74) is 0.0608. The average Bonchev–Trinajstić information content (AvgIpc) is 2.60. The van der Waals surface area contributed by atoms with E-state index in [9.17, 15) is 8.42 Å². The molecular weight excluding hydrogens is 156 g/mol. The molecule has 0 aromatic heterocycles. The van der Waals surface area contributed by atoms with Gasteiger partial charge < -0.3 is 0 Å². The molecular formula is C5H8O4S. The van der Waals surface area contributed by atoms with E-state index < -0.39 is 10.4 Å². The molecule has 2 rings (SSSR count). The van der Waals surface area contributed by atoms with E-state index >= 15 is 0 Å². The molecule has 1 heterocycles. The molecule has 10 heavy (non-hydrogen) atoms. The molecule has 2 fully saturated rings. The molecule has 58 valence electrons. The molecule has 0 N–H and O–H groups in total. The van der Waals surface area contributed by atoms with Gasteiger partial charge in [0, 0.05) is 5.41 Å². The summed E-state index contributed by atoms with van der Waals surface area (Å²) in [6.07, 6.45) is 2.06. The van der Waals surface area contributed by atoms with Crippen LogP contribution in [0.4, 0.5) is 0 Å². The highest BCUT2D eigenvalue weighted by Gasteiger charge is 2.48. The predicted molar refractivity (Wildman–Crippen MR) is 32.5 cm³/mol. The summed E-state index contributed by atoms with van der Waals surface area (Å²) < 4.78 is 30.0. The van der Waals surface area contributed by atoms with E-state index in [4.69, 9.17) is 0 Å². The van der Waals surface area contributed by atoms with Crippen molar-refractivity contribution in [1.82, 2.24) is 0 Å². The Kier molecular flexibility index (Phi) is 1.13. The van der Waals surface area contributed by atoms with Crippen LogP contribution in [0.1, 0.15) is 12.8 Å². The summed E-state index contributed by atoms with van der Waals surface area (Å²) in [6, 6.07) is 0. The minimum Gasteiger partial charge on any atom is -0.248 e. The van der Waals surface area contributed by atoms with Crippen LogP contribution < -0.4 is 0 Å². The first-order valence-corrected chi connectivity index (χ1v) is 4.49. The van der Waals surface area contributed by atoms with Crippen molar-refractivity contribution in [2.45, 2.75) is 12.8 Å². The van der Waals surface area contributed by atoms with Gasteiger partial charge in [0.2, 0.25) is 0 Å². The third kappa shape index (κ3) is 1.04. The largest absolute Gasteiger partial charge is 0.399 e. The van der Waals surface area contributed by atoms with Crippen LogP contribution in [0.15, 0.2) is 0 Å². The number of hydrogen-bond acceptors (Lipinski definition) is 4. The topological polar surface area (TPSA) is 52.6 Å². The summed E-state index contributed by atoms with van der Waals surface area (Å²) in [4.78, 5) is 0.